The van der Waals surface area contributed by atoms with Gasteiger partial charge in [-0.15, -0.1) is 11.6 Å². The molecule has 0 fully saturated rings. The highest BCUT2D eigenvalue weighted by Crippen LogP contribution is 2.24. The van der Waals surface area contributed by atoms with E-state index in [9.17, 15) is 0 Å². The third-order valence-electron chi connectivity index (χ3n) is 2.25. The monoisotopic (exact) mass is 276 g/mol. The Bertz CT molecular complexity index is 300. The summed E-state index contributed by atoms with van der Waals surface area (Å²) < 4.78 is 0.963. The van der Waals surface area contributed by atoms with Gasteiger partial charge in [0.1, 0.15) is 5.82 Å². The highest BCUT2D eigenvalue weighted by Gasteiger charge is 2.21. The normalized spacial score (nSPS) is 14.9. The number of pyridine rings is 1. The van der Waals surface area contributed by atoms with Crippen LogP contribution in [0.25, 0.3) is 0 Å². The summed E-state index contributed by atoms with van der Waals surface area (Å²) in [7, 11) is 0. The van der Waals surface area contributed by atoms with Gasteiger partial charge in [0.15, 0.2) is 0 Å². The second-order valence-electron chi connectivity index (χ2n) is 3.51. The molecule has 1 unspecified atom stereocenters. The molecule has 0 saturated carbocycles. The zero-order chi connectivity index (χ0) is 10.6. The topological polar surface area (TPSA) is 24.9 Å². The fourth-order valence-corrected chi connectivity index (χ4v) is 1.59. The molecule has 0 amide bonds. The molecule has 1 heterocycles. The van der Waals surface area contributed by atoms with E-state index in [4.69, 9.17) is 11.6 Å². The van der Waals surface area contributed by atoms with Crippen molar-refractivity contribution in [3.05, 3.63) is 22.8 Å². The van der Waals surface area contributed by atoms with Crippen LogP contribution in [0.1, 0.15) is 20.3 Å². The second kappa shape index (κ2) is 4.99. The molecular formula is C10H14BrClN2. The molecule has 1 N–H and O–H groups in total. The molecule has 1 atom stereocenters. The molecule has 0 radical (unpaired) electrons. The average molecular weight is 278 g/mol. The van der Waals surface area contributed by atoms with E-state index in [1.165, 1.54) is 0 Å². The zero-order valence-electron chi connectivity index (χ0n) is 8.35. The van der Waals surface area contributed by atoms with Crippen LogP contribution in [0.2, 0.25) is 0 Å². The molecule has 0 bridgehead atoms. The van der Waals surface area contributed by atoms with Crippen LogP contribution in [0, 0.1) is 0 Å². The molecule has 1 aromatic heterocycles. The van der Waals surface area contributed by atoms with Gasteiger partial charge in [-0.3, -0.25) is 0 Å². The third kappa shape index (κ3) is 2.85. The molecule has 0 aromatic carbocycles. The Labute approximate surface area is 98.2 Å². The zero-order valence-corrected chi connectivity index (χ0v) is 10.7. The summed E-state index contributed by atoms with van der Waals surface area (Å²) in [5, 5.41) is 3.33. The molecular weight excluding hydrogens is 263 g/mol. The number of alkyl halides is 1. The van der Waals surface area contributed by atoms with Crippen LogP contribution >= 0.6 is 27.5 Å². The molecule has 1 rings (SSSR count). The van der Waals surface area contributed by atoms with Gasteiger partial charge in [-0.25, -0.2) is 4.98 Å². The van der Waals surface area contributed by atoms with Gasteiger partial charge in [0, 0.05) is 17.6 Å². The first kappa shape index (κ1) is 11.8. The van der Waals surface area contributed by atoms with Crippen molar-refractivity contribution in [3.8, 4) is 0 Å². The summed E-state index contributed by atoms with van der Waals surface area (Å²) in [6, 6.07) is 3.85. The summed E-state index contributed by atoms with van der Waals surface area (Å²) in [5.41, 5.74) is -0.0988. The Morgan fingerprint density at radius 3 is 2.86 bits per heavy atom. The van der Waals surface area contributed by atoms with Crippen LogP contribution in [0.4, 0.5) is 5.82 Å². The van der Waals surface area contributed by atoms with E-state index < -0.39 is 0 Å². The lowest BCUT2D eigenvalue weighted by atomic mass is 10.0. The highest BCUT2D eigenvalue weighted by molar-refractivity contribution is 9.10. The number of nitrogens with one attached hydrogen (secondary N) is 1. The first-order valence-electron chi connectivity index (χ1n) is 4.56. The predicted molar refractivity (Wildman–Crippen MR) is 65.0 cm³/mol. The number of nitrogens with zero attached hydrogens (tertiary/aromatic N) is 1. The largest absolute Gasteiger partial charge is 0.363 e. The van der Waals surface area contributed by atoms with Crippen LogP contribution < -0.4 is 5.32 Å². The summed E-state index contributed by atoms with van der Waals surface area (Å²) in [4.78, 5) is 4.24. The van der Waals surface area contributed by atoms with Gasteiger partial charge in [0.2, 0.25) is 0 Å². The van der Waals surface area contributed by atoms with Crippen molar-refractivity contribution in [1.29, 1.82) is 0 Å². The van der Waals surface area contributed by atoms with Crippen LogP contribution in [0.5, 0.6) is 0 Å². The number of halogens is 2. The number of rotatable bonds is 4. The number of hydrogen-bond donors (Lipinski definition) is 1. The summed E-state index contributed by atoms with van der Waals surface area (Å²) >= 11 is 9.34. The van der Waals surface area contributed by atoms with Crippen molar-refractivity contribution in [2.45, 2.75) is 25.8 Å². The molecule has 4 heteroatoms. The lowest BCUT2D eigenvalue weighted by Gasteiger charge is -2.28. The maximum atomic E-state index is 5.91. The van der Waals surface area contributed by atoms with E-state index >= 15 is 0 Å². The first-order chi connectivity index (χ1) is 6.61. The molecule has 14 heavy (non-hydrogen) atoms. The maximum absolute atomic E-state index is 5.91. The third-order valence-corrected chi connectivity index (χ3v) is 3.48. The van der Waals surface area contributed by atoms with Gasteiger partial charge < -0.3 is 5.32 Å². The summed E-state index contributed by atoms with van der Waals surface area (Å²) in [5.74, 6) is 1.41. The van der Waals surface area contributed by atoms with Gasteiger partial charge in [-0.05, 0) is 41.4 Å². The van der Waals surface area contributed by atoms with E-state index in [2.05, 4.69) is 40.1 Å². The van der Waals surface area contributed by atoms with E-state index in [-0.39, 0.29) is 5.54 Å². The van der Waals surface area contributed by atoms with Gasteiger partial charge in [0.05, 0.1) is 4.47 Å². The minimum absolute atomic E-state index is 0.0988. The average Bonchev–Trinajstić information content (AvgIpc) is 2.21. The smallest absolute Gasteiger partial charge is 0.140 e. The lowest BCUT2D eigenvalue weighted by Crippen LogP contribution is -2.36. The van der Waals surface area contributed by atoms with Gasteiger partial charge in [-0.2, -0.15) is 0 Å². The second-order valence-corrected chi connectivity index (χ2v) is 4.63. The Balaban J connectivity index is 2.82. The van der Waals surface area contributed by atoms with Crippen molar-refractivity contribution in [1.82, 2.24) is 4.98 Å². The number of anilines is 1. The molecule has 78 valence electrons. The molecule has 1 aromatic rings. The Morgan fingerprint density at radius 2 is 2.36 bits per heavy atom. The minimum Gasteiger partial charge on any atom is -0.363 e. The summed E-state index contributed by atoms with van der Waals surface area (Å²) in [6.45, 7) is 4.19. The predicted octanol–water partition coefficient (Wildman–Crippen LogP) is 3.66. The molecule has 0 saturated heterocycles. The SMILES string of the molecule is CCC(C)(CCl)Nc1ncccc1Br. The van der Waals surface area contributed by atoms with Gasteiger partial charge >= 0.3 is 0 Å². The van der Waals surface area contributed by atoms with Gasteiger partial charge in [-0.1, -0.05) is 6.92 Å². The molecule has 0 aliphatic rings. The standard InChI is InChI=1S/C10H14BrClN2/c1-3-10(2,7-12)14-9-8(11)5-4-6-13-9/h4-6H,3,7H2,1-2H3,(H,13,14). The fourth-order valence-electron chi connectivity index (χ4n) is 0.980. The van der Waals surface area contributed by atoms with Crippen molar-refractivity contribution >= 4 is 33.3 Å². The fraction of sp³-hybridized carbons (Fsp3) is 0.500. The van der Waals surface area contributed by atoms with E-state index in [1.807, 2.05) is 12.1 Å². The van der Waals surface area contributed by atoms with Crippen molar-refractivity contribution < 1.29 is 0 Å². The van der Waals surface area contributed by atoms with E-state index in [0.29, 0.717) is 5.88 Å². The Kier molecular flexibility index (Phi) is 4.20. The molecule has 0 aliphatic heterocycles. The summed E-state index contributed by atoms with van der Waals surface area (Å²) in [6.07, 6.45) is 2.72. The first-order valence-corrected chi connectivity index (χ1v) is 5.89. The minimum atomic E-state index is -0.0988. The molecule has 2 nitrogen and oxygen atoms in total. The van der Waals surface area contributed by atoms with Crippen molar-refractivity contribution in [2.75, 3.05) is 11.2 Å². The van der Waals surface area contributed by atoms with E-state index in [0.717, 1.165) is 16.7 Å². The van der Waals surface area contributed by atoms with E-state index in [1.54, 1.807) is 6.20 Å². The van der Waals surface area contributed by atoms with Crippen molar-refractivity contribution in [3.63, 3.8) is 0 Å². The Morgan fingerprint density at radius 1 is 1.64 bits per heavy atom. The quantitative estimate of drug-likeness (QED) is 0.850. The highest BCUT2D eigenvalue weighted by atomic mass is 79.9. The lowest BCUT2D eigenvalue weighted by molar-refractivity contribution is 0.551. The number of aromatic nitrogens is 1. The van der Waals surface area contributed by atoms with Crippen molar-refractivity contribution in [2.24, 2.45) is 0 Å². The van der Waals surface area contributed by atoms with Crippen LogP contribution in [-0.4, -0.2) is 16.4 Å². The number of hydrogen-bond acceptors (Lipinski definition) is 2. The Hall–Kier alpha value is -0.280. The van der Waals surface area contributed by atoms with Gasteiger partial charge in [0.25, 0.3) is 0 Å². The maximum Gasteiger partial charge on any atom is 0.140 e. The molecule has 0 aliphatic carbocycles. The van der Waals surface area contributed by atoms with Crippen LogP contribution in [0.15, 0.2) is 22.8 Å². The van der Waals surface area contributed by atoms with Crippen LogP contribution in [0.3, 0.4) is 0 Å². The van der Waals surface area contributed by atoms with Crippen LogP contribution in [-0.2, 0) is 0 Å². The molecule has 0 spiro atoms.